The second-order valence-corrected chi connectivity index (χ2v) is 5.74. The molecule has 0 saturated carbocycles. The van der Waals surface area contributed by atoms with Crippen LogP contribution in [0.15, 0.2) is 0 Å². The van der Waals surface area contributed by atoms with Gasteiger partial charge < -0.3 is 0 Å². The van der Waals surface area contributed by atoms with E-state index in [1.54, 1.807) is 6.92 Å². The first kappa shape index (κ1) is 10.2. The van der Waals surface area contributed by atoms with Crippen LogP contribution in [0.1, 0.15) is 27.6 Å². The molecule has 1 aromatic heterocycles. The summed E-state index contributed by atoms with van der Waals surface area (Å²) in [5, 5.41) is 0. The molecule has 0 amide bonds. The van der Waals surface area contributed by atoms with Crippen molar-refractivity contribution >= 4 is 16.1 Å². The Labute approximate surface area is 87.5 Å². The molecular weight excluding hydrogens is 216 g/mol. The summed E-state index contributed by atoms with van der Waals surface area (Å²) in [5.41, 5.74) is 2.06. The van der Waals surface area contributed by atoms with Gasteiger partial charge in [-0.05, 0) is 18.9 Å². The third-order valence-corrected chi connectivity index (χ3v) is 3.98. The van der Waals surface area contributed by atoms with Crippen molar-refractivity contribution in [1.82, 2.24) is 9.97 Å². The summed E-state index contributed by atoms with van der Waals surface area (Å²) < 4.78 is 22.8. The Balaban J connectivity index is 2.58. The molecule has 0 saturated heterocycles. The molecule has 0 atom stereocenters. The number of aromatic nitrogens is 2. The van der Waals surface area contributed by atoms with Gasteiger partial charge in [0.1, 0.15) is 0 Å². The normalized spacial score (nSPS) is 18.2. The molecule has 80 valence electrons. The van der Waals surface area contributed by atoms with Crippen molar-refractivity contribution in [3.05, 3.63) is 22.8 Å². The molecule has 0 aromatic carbocycles. The van der Waals surface area contributed by atoms with Crippen LogP contribution in [0, 0.1) is 6.92 Å². The molecule has 0 fully saturated rings. The number of nitrogens with zero attached hydrogens (tertiary/aromatic N) is 2. The van der Waals surface area contributed by atoms with Crippen molar-refractivity contribution in [2.75, 3.05) is 5.75 Å². The smallest absolute Gasteiger partial charge is 0.193 e. The lowest BCUT2D eigenvalue weighted by Gasteiger charge is -2.16. The Bertz CT molecular complexity index is 522. The van der Waals surface area contributed by atoms with Gasteiger partial charge in [-0.1, -0.05) is 0 Å². The number of carbonyl (C=O) groups is 1. The van der Waals surface area contributed by atoms with Gasteiger partial charge in [0.15, 0.2) is 21.9 Å². The van der Waals surface area contributed by atoms with Crippen LogP contribution in [-0.2, 0) is 22.0 Å². The average Bonchev–Trinajstić information content (AvgIpc) is 2.15. The molecule has 2 rings (SSSR count). The van der Waals surface area contributed by atoms with E-state index < -0.39 is 9.84 Å². The Morgan fingerprint density at radius 2 is 2.07 bits per heavy atom. The fourth-order valence-corrected chi connectivity index (χ4v) is 3.03. The second-order valence-electron chi connectivity index (χ2n) is 3.55. The minimum absolute atomic E-state index is 0.0587. The molecule has 0 spiro atoms. The Morgan fingerprint density at radius 1 is 1.33 bits per heavy atom. The molecule has 1 aromatic rings. The zero-order valence-corrected chi connectivity index (χ0v) is 9.04. The van der Waals surface area contributed by atoms with E-state index in [1.807, 2.05) is 0 Å². The third-order valence-electron chi connectivity index (χ3n) is 2.44. The van der Waals surface area contributed by atoms with E-state index in [2.05, 4.69) is 9.97 Å². The van der Waals surface area contributed by atoms with Crippen molar-refractivity contribution < 1.29 is 13.2 Å². The quantitative estimate of drug-likeness (QED) is 0.633. The zero-order chi connectivity index (χ0) is 11.1. The van der Waals surface area contributed by atoms with Crippen molar-refractivity contribution in [2.45, 2.75) is 19.1 Å². The number of carbonyl (C=O) groups excluding carboxylic acids is 1. The molecule has 0 N–H and O–H groups in total. The van der Waals surface area contributed by atoms with Crippen molar-refractivity contribution in [1.29, 1.82) is 0 Å². The van der Waals surface area contributed by atoms with E-state index in [9.17, 15) is 13.2 Å². The SMILES string of the molecule is Cc1nc(C=O)nc2c1CCS(=O)(=O)C2. The summed E-state index contributed by atoms with van der Waals surface area (Å²) in [6.07, 6.45) is 0.983. The van der Waals surface area contributed by atoms with Crippen LogP contribution in [-0.4, -0.2) is 30.4 Å². The molecule has 0 unspecified atom stereocenters. The van der Waals surface area contributed by atoms with Crippen LogP contribution in [0.25, 0.3) is 0 Å². The molecule has 0 radical (unpaired) electrons. The lowest BCUT2D eigenvalue weighted by molar-refractivity contribution is 0.111. The molecule has 5 nitrogen and oxygen atoms in total. The lowest BCUT2D eigenvalue weighted by atomic mass is 10.1. The number of sulfone groups is 1. The van der Waals surface area contributed by atoms with Crippen molar-refractivity contribution in [2.24, 2.45) is 0 Å². The molecule has 0 aliphatic carbocycles. The maximum Gasteiger partial charge on any atom is 0.193 e. The maximum absolute atomic E-state index is 11.4. The fourth-order valence-electron chi connectivity index (χ4n) is 1.71. The largest absolute Gasteiger partial charge is 0.294 e. The maximum atomic E-state index is 11.4. The van der Waals surface area contributed by atoms with E-state index in [-0.39, 0.29) is 17.3 Å². The lowest BCUT2D eigenvalue weighted by Crippen LogP contribution is -2.22. The third kappa shape index (κ3) is 1.90. The second kappa shape index (κ2) is 3.37. The van der Waals surface area contributed by atoms with E-state index in [4.69, 9.17) is 0 Å². The highest BCUT2D eigenvalue weighted by molar-refractivity contribution is 7.90. The monoisotopic (exact) mass is 226 g/mol. The summed E-state index contributed by atoms with van der Waals surface area (Å²) in [7, 11) is -3.04. The fraction of sp³-hybridized carbons (Fsp3) is 0.444. The molecule has 0 bridgehead atoms. The van der Waals surface area contributed by atoms with Gasteiger partial charge in [-0.25, -0.2) is 18.4 Å². The molecule has 2 heterocycles. The Morgan fingerprint density at radius 3 is 2.73 bits per heavy atom. The van der Waals surface area contributed by atoms with Crippen LogP contribution < -0.4 is 0 Å². The van der Waals surface area contributed by atoms with E-state index >= 15 is 0 Å². The van der Waals surface area contributed by atoms with Gasteiger partial charge in [-0.3, -0.25) is 4.79 Å². The summed E-state index contributed by atoms with van der Waals surface area (Å²) in [5.74, 6) is 0.125. The molecule has 6 heteroatoms. The standard InChI is InChI=1S/C9H10N2O3S/c1-6-7-2-3-15(13,14)5-8(7)11-9(4-12)10-6/h4H,2-3,5H2,1H3. The Hall–Kier alpha value is -1.30. The number of aryl methyl sites for hydroxylation is 1. The van der Waals surface area contributed by atoms with Gasteiger partial charge in [0.2, 0.25) is 0 Å². The molecule has 1 aliphatic heterocycles. The topological polar surface area (TPSA) is 77.0 Å². The van der Waals surface area contributed by atoms with E-state index in [1.165, 1.54) is 0 Å². The summed E-state index contributed by atoms with van der Waals surface area (Å²) in [6, 6.07) is 0. The van der Waals surface area contributed by atoms with E-state index in [0.717, 1.165) is 5.56 Å². The summed E-state index contributed by atoms with van der Waals surface area (Å²) in [4.78, 5) is 18.4. The first-order valence-corrected chi connectivity index (χ1v) is 6.36. The highest BCUT2D eigenvalue weighted by Gasteiger charge is 2.24. The minimum Gasteiger partial charge on any atom is -0.294 e. The van der Waals surface area contributed by atoms with Crippen LogP contribution in [0.5, 0.6) is 0 Å². The van der Waals surface area contributed by atoms with E-state index in [0.29, 0.717) is 24.1 Å². The predicted octanol–water partition coefficient (Wildman–Crippen LogP) is 0.0684. The highest BCUT2D eigenvalue weighted by Crippen LogP contribution is 2.20. The number of hydrogen-bond donors (Lipinski definition) is 0. The van der Waals surface area contributed by atoms with Gasteiger partial charge in [0, 0.05) is 5.69 Å². The summed E-state index contributed by atoms with van der Waals surface area (Å²) in [6.45, 7) is 1.77. The highest BCUT2D eigenvalue weighted by atomic mass is 32.2. The van der Waals surface area contributed by atoms with Gasteiger partial charge in [0.05, 0.1) is 17.2 Å². The number of fused-ring (bicyclic) bond motifs is 1. The van der Waals surface area contributed by atoms with Crippen LogP contribution in [0.4, 0.5) is 0 Å². The first-order valence-electron chi connectivity index (χ1n) is 4.54. The molecule has 1 aliphatic rings. The Kier molecular flexibility index (Phi) is 2.30. The number of hydrogen-bond acceptors (Lipinski definition) is 5. The number of aldehydes is 1. The van der Waals surface area contributed by atoms with Crippen LogP contribution in [0.2, 0.25) is 0 Å². The van der Waals surface area contributed by atoms with Gasteiger partial charge in [-0.15, -0.1) is 0 Å². The number of rotatable bonds is 1. The minimum atomic E-state index is -3.04. The zero-order valence-electron chi connectivity index (χ0n) is 8.23. The predicted molar refractivity (Wildman–Crippen MR) is 53.4 cm³/mol. The van der Waals surface area contributed by atoms with Crippen molar-refractivity contribution in [3.8, 4) is 0 Å². The molecular formula is C9H10N2O3S. The molecule has 15 heavy (non-hydrogen) atoms. The van der Waals surface area contributed by atoms with Crippen molar-refractivity contribution in [3.63, 3.8) is 0 Å². The summed E-state index contributed by atoms with van der Waals surface area (Å²) >= 11 is 0. The first-order chi connectivity index (χ1) is 7.02. The average molecular weight is 226 g/mol. The van der Waals surface area contributed by atoms with Crippen LogP contribution in [0.3, 0.4) is 0 Å². The van der Waals surface area contributed by atoms with Gasteiger partial charge >= 0.3 is 0 Å². The van der Waals surface area contributed by atoms with Crippen LogP contribution >= 0.6 is 0 Å². The van der Waals surface area contributed by atoms with Gasteiger partial charge in [-0.2, -0.15) is 0 Å². The van der Waals surface area contributed by atoms with Gasteiger partial charge in [0.25, 0.3) is 0 Å².